The molecule has 6 nitrogen and oxygen atoms in total. The average molecular weight is 285 g/mol. The summed E-state index contributed by atoms with van der Waals surface area (Å²) in [6.07, 6.45) is 0. The van der Waals surface area contributed by atoms with Gasteiger partial charge in [0.2, 0.25) is 0 Å². The highest BCUT2D eigenvalue weighted by atomic mass is 35.5. The second-order valence-corrected chi connectivity index (χ2v) is 4.46. The minimum Gasteiger partial charge on any atom is -0.481 e. The lowest BCUT2D eigenvalue weighted by atomic mass is 10.1. The number of nitrogens with zero attached hydrogens (tertiary/aromatic N) is 4. The maximum absolute atomic E-state index is 13.0. The second-order valence-electron chi connectivity index (χ2n) is 4.05. The predicted octanol–water partition coefficient (Wildman–Crippen LogP) is 1.85. The molecule has 0 aliphatic carbocycles. The quantitative estimate of drug-likeness (QED) is 0.927. The summed E-state index contributed by atoms with van der Waals surface area (Å²) in [5.41, 5.74) is 0.450. The SMILES string of the molecule is CC(Cn1nnnc1-c1ccc(F)cc1Cl)C(=O)O. The van der Waals surface area contributed by atoms with Crippen LogP contribution in [0.15, 0.2) is 18.2 Å². The van der Waals surface area contributed by atoms with Gasteiger partial charge in [-0.2, -0.15) is 0 Å². The van der Waals surface area contributed by atoms with Crippen LogP contribution >= 0.6 is 11.6 Å². The Hall–Kier alpha value is -2.02. The molecule has 0 saturated heterocycles. The number of tetrazole rings is 1. The van der Waals surface area contributed by atoms with Gasteiger partial charge in [-0.25, -0.2) is 9.07 Å². The lowest BCUT2D eigenvalue weighted by molar-refractivity contribution is -0.141. The molecule has 2 rings (SSSR count). The van der Waals surface area contributed by atoms with Gasteiger partial charge in [-0.1, -0.05) is 18.5 Å². The van der Waals surface area contributed by atoms with Crippen molar-refractivity contribution >= 4 is 17.6 Å². The largest absolute Gasteiger partial charge is 0.481 e. The smallest absolute Gasteiger partial charge is 0.308 e. The molecule has 0 amide bonds. The fourth-order valence-electron chi connectivity index (χ4n) is 1.53. The Kier molecular flexibility index (Phi) is 3.75. The Labute approximate surface area is 112 Å². The molecule has 1 aromatic heterocycles. The third-order valence-corrected chi connectivity index (χ3v) is 2.89. The van der Waals surface area contributed by atoms with Crippen molar-refractivity contribution < 1.29 is 14.3 Å². The van der Waals surface area contributed by atoms with Crippen LogP contribution in [0.3, 0.4) is 0 Å². The van der Waals surface area contributed by atoms with E-state index in [9.17, 15) is 9.18 Å². The van der Waals surface area contributed by atoms with Gasteiger partial charge in [-0.3, -0.25) is 4.79 Å². The molecular weight excluding hydrogens is 275 g/mol. The van der Waals surface area contributed by atoms with E-state index in [1.54, 1.807) is 6.92 Å². The summed E-state index contributed by atoms with van der Waals surface area (Å²) in [5.74, 6) is -1.77. The summed E-state index contributed by atoms with van der Waals surface area (Å²) >= 11 is 5.93. The molecule has 2 aromatic rings. The Morgan fingerprint density at radius 3 is 2.95 bits per heavy atom. The topological polar surface area (TPSA) is 80.9 Å². The van der Waals surface area contributed by atoms with Gasteiger partial charge in [0.05, 0.1) is 17.5 Å². The number of hydrogen-bond donors (Lipinski definition) is 1. The van der Waals surface area contributed by atoms with Gasteiger partial charge in [0.1, 0.15) is 5.82 Å². The summed E-state index contributed by atoms with van der Waals surface area (Å²) < 4.78 is 14.3. The highest BCUT2D eigenvalue weighted by molar-refractivity contribution is 6.33. The van der Waals surface area contributed by atoms with Gasteiger partial charge in [-0.05, 0) is 28.6 Å². The number of hydrogen-bond acceptors (Lipinski definition) is 4. The van der Waals surface area contributed by atoms with Crippen LogP contribution in [-0.2, 0) is 11.3 Å². The van der Waals surface area contributed by atoms with Crippen LogP contribution in [0.2, 0.25) is 5.02 Å². The molecule has 0 spiro atoms. The van der Waals surface area contributed by atoms with Crippen LogP contribution in [0.25, 0.3) is 11.4 Å². The average Bonchev–Trinajstić information content (AvgIpc) is 2.77. The van der Waals surface area contributed by atoms with Crippen molar-refractivity contribution in [1.29, 1.82) is 0 Å². The number of carboxylic acid groups (broad SMARTS) is 1. The Balaban J connectivity index is 2.36. The van der Waals surface area contributed by atoms with Crippen LogP contribution < -0.4 is 0 Å². The fourth-order valence-corrected chi connectivity index (χ4v) is 1.78. The highest BCUT2D eigenvalue weighted by Gasteiger charge is 2.18. The summed E-state index contributed by atoms with van der Waals surface area (Å²) in [6.45, 7) is 1.64. The molecule has 1 aromatic carbocycles. The summed E-state index contributed by atoms with van der Waals surface area (Å²) in [5, 5.41) is 20.0. The van der Waals surface area contributed by atoms with E-state index in [4.69, 9.17) is 16.7 Å². The van der Waals surface area contributed by atoms with Gasteiger partial charge in [0, 0.05) is 5.56 Å². The minimum absolute atomic E-state index is 0.103. The van der Waals surface area contributed by atoms with Gasteiger partial charge in [-0.15, -0.1) is 5.10 Å². The van der Waals surface area contributed by atoms with Gasteiger partial charge >= 0.3 is 5.97 Å². The first kappa shape index (κ1) is 13.4. The first-order chi connectivity index (χ1) is 8.99. The normalized spacial score (nSPS) is 12.4. The van der Waals surface area contributed by atoms with E-state index in [1.165, 1.54) is 16.8 Å². The van der Waals surface area contributed by atoms with Gasteiger partial charge in [0.15, 0.2) is 5.82 Å². The van der Waals surface area contributed by atoms with Crippen LogP contribution in [0, 0.1) is 11.7 Å². The maximum atomic E-state index is 13.0. The van der Waals surface area contributed by atoms with Crippen molar-refractivity contribution in [3.8, 4) is 11.4 Å². The molecule has 0 aliphatic heterocycles. The number of rotatable bonds is 4. The van der Waals surface area contributed by atoms with Crippen molar-refractivity contribution in [3.05, 3.63) is 29.0 Å². The number of carbonyl (C=O) groups is 1. The van der Waals surface area contributed by atoms with E-state index in [0.717, 1.165) is 6.07 Å². The van der Waals surface area contributed by atoms with E-state index < -0.39 is 17.7 Å². The molecule has 0 fully saturated rings. The number of halogens is 2. The molecule has 1 N–H and O–H groups in total. The van der Waals surface area contributed by atoms with Crippen molar-refractivity contribution in [2.45, 2.75) is 13.5 Å². The molecule has 1 heterocycles. The number of benzene rings is 1. The van der Waals surface area contributed by atoms with Crippen LogP contribution in [0.4, 0.5) is 4.39 Å². The van der Waals surface area contributed by atoms with Crippen LogP contribution in [0.5, 0.6) is 0 Å². The molecule has 0 aliphatic rings. The Morgan fingerprint density at radius 1 is 1.58 bits per heavy atom. The molecule has 1 atom stereocenters. The monoisotopic (exact) mass is 284 g/mol. The standard InChI is InChI=1S/C11H10ClFN4O2/c1-6(11(18)19)5-17-10(14-15-16-17)8-3-2-7(13)4-9(8)12/h2-4,6H,5H2,1H3,(H,18,19). The molecular formula is C11H10ClFN4O2. The highest BCUT2D eigenvalue weighted by Crippen LogP contribution is 2.26. The van der Waals surface area contributed by atoms with Crippen LogP contribution in [0.1, 0.15) is 6.92 Å². The van der Waals surface area contributed by atoms with Crippen molar-refractivity contribution in [1.82, 2.24) is 20.2 Å². The van der Waals surface area contributed by atoms with Gasteiger partial charge in [0.25, 0.3) is 0 Å². The number of aromatic nitrogens is 4. The molecule has 0 radical (unpaired) electrons. The summed E-state index contributed by atoms with van der Waals surface area (Å²) in [7, 11) is 0. The number of carboxylic acids is 1. The summed E-state index contributed by atoms with van der Waals surface area (Å²) in [4.78, 5) is 10.8. The zero-order valence-electron chi connectivity index (χ0n) is 9.92. The summed E-state index contributed by atoms with van der Waals surface area (Å²) in [6, 6.07) is 3.84. The lowest BCUT2D eigenvalue weighted by Gasteiger charge is -2.08. The van der Waals surface area contributed by atoms with E-state index in [2.05, 4.69) is 15.5 Å². The predicted molar refractivity (Wildman–Crippen MR) is 65.0 cm³/mol. The third kappa shape index (κ3) is 2.87. The van der Waals surface area contributed by atoms with Crippen molar-refractivity contribution in [2.24, 2.45) is 5.92 Å². The fraction of sp³-hybridized carbons (Fsp3) is 0.273. The molecule has 100 valence electrons. The maximum Gasteiger partial charge on any atom is 0.308 e. The van der Waals surface area contributed by atoms with E-state index >= 15 is 0 Å². The molecule has 19 heavy (non-hydrogen) atoms. The van der Waals surface area contributed by atoms with Gasteiger partial charge < -0.3 is 5.11 Å². The Morgan fingerprint density at radius 2 is 2.32 bits per heavy atom. The van der Waals surface area contributed by atoms with E-state index in [1.807, 2.05) is 0 Å². The zero-order valence-corrected chi connectivity index (χ0v) is 10.7. The Bertz CT molecular complexity index is 616. The number of aliphatic carboxylic acids is 1. The zero-order chi connectivity index (χ0) is 14.0. The second kappa shape index (κ2) is 5.31. The van der Waals surface area contributed by atoms with E-state index in [-0.39, 0.29) is 11.6 Å². The molecule has 8 heteroatoms. The minimum atomic E-state index is -0.952. The first-order valence-electron chi connectivity index (χ1n) is 5.43. The van der Waals surface area contributed by atoms with Crippen molar-refractivity contribution in [3.63, 3.8) is 0 Å². The van der Waals surface area contributed by atoms with E-state index in [0.29, 0.717) is 11.4 Å². The molecule has 1 unspecified atom stereocenters. The molecule has 0 bridgehead atoms. The molecule has 0 saturated carbocycles. The lowest BCUT2D eigenvalue weighted by Crippen LogP contribution is -2.18. The van der Waals surface area contributed by atoms with Crippen LogP contribution in [-0.4, -0.2) is 31.3 Å². The first-order valence-corrected chi connectivity index (χ1v) is 5.81. The third-order valence-electron chi connectivity index (χ3n) is 2.57. The van der Waals surface area contributed by atoms with Crippen molar-refractivity contribution in [2.75, 3.05) is 0 Å².